The van der Waals surface area contributed by atoms with Crippen LogP contribution in [0.5, 0.6) is 0 Å². The summed E-state index contributed by atoms with van der Waals surface area (Å²) in [5, 5.41) is 10.3. The standard InChI is InChI=1S/C15H18INO2S/c16-20-11-7-8-17(9-11)14(15(18)19)13-4-2-1-3-12(13)10-5-6-10/h1-4,10-11,14H,5-9H2,(H,18,19). The average Bonchev–Trinajstić information content (AvgIpc) is 3.19. The first-order chi connectivity index (χ1) is 9.70. The van der Waals surface area contributed by atoms with Crippen LogP contribution in [-0.4, -0.2) is 34.3 Å². The zero-order valence-corrected chi connectivity index (χ0v) is 14.1. The van der Waals surface area contributed by atoms with E-state index in [1.165, 1.54) is 18.4 Å². The highest BCUT2D eigenvalue weighted by Gasteiger charge is 2.37. The molecule has 1 aromatic carbocycles. The van der Waals surface area contributed by atoms with Gasteiger partial charge in [0.2, 0.25) is 0 Å². The highest BCUT2D eigenvalue weighted by atomic mass is 127. The van der Waals surface area contributed by atoms with Crippen LogP contribution in [0.15, 0.2) is 24.3 Å². The van der Waals surface area contributed by atoms with E-state index < -0.39 is 12.0 Å². The molecule has 1 aliphatic carbocycles. The highest BCUT2D eigenvalue weighted by molar-refractivity contribution is 14.2. The lowest BCUT2D eigenvalue weighted by atomic mass is 9.96. The number of hydrogen-bond acceptors (Lipinski definition) is 3. The van der Waals surface area contributed by atoms with E-state index in [1.54, 1.807) is 0 Å². The Morgan fingerprint density at radius 2 is 2.10 bits per heavy atom. The van der Waals surface area contributed by atoms with Crippen LogP contribution in [0.3, 0.4) is 0 Å². The monoisotopic (exact) mass is 403 g/mol. The molecule has 1 aliphatic heterocycles. The summed E-state index contributed by atoms with van der Waals surface area (Å²) in [5.41, 5.74) is 2.27. The number of carboxylic acids is 1. The van der Waals surface area contributed by atoms with E-state index in [-0.39, 0.29) is 0 Å². The smallest absolute Gasteiger partial charge is 0.325 e. The van der Waals surface area contributed by atoms with E-state index in [2.05, 4.69) is 32.2 Å². The van der Waals surface area contributed by atoms with Crippen molar-refractivity contribution >= 4 is 36.1 Å². The van der Waals surface area contributed by atoms with Gasteiger partial charge in [-0.25, -0.2) is 0 Å². The van der Waals surface area contributed by atoms with Crippen molar-refractivity contribution < 1.29 is 9.90 Å². The molecule has 2 unspecified atom stereocenters. The molecule has 108 valence electrons. The molecule has 5 heteroatoms. The number of halogens is 1. The van der Waals surface area contributed by atoms with Gasteiger partial charge in [-0.3, -0.25) is 9.69 Å². The maximum Gasteiger partial charge on any atom is 0.325 e. The molecule has 1 saturated carbocycles. The largest absolute Gasteiger partial charge is 0.480 e. The predicted molar refractivity (Wildman–Crippen MR) is 90.4 cm³/mol. The average molecular weight is 403 g/mol. The molecule has 1 N–H and O–H groups in total. The summed E-state index contributed by atoms with van der Waals surface area (Å²) in [5.74, 6) is -0.123. The van der Waals surface area contributed by atoms with Crippen LogP contribution in [0, 0.1) is 0 Å². The molecular weight excluding hydrogens is 385 g/mol. The Bertz CT molecular complexity index is 506. The second-order valence-corrected chi connectivity index (χ2v) is 8.01. The summed E-state index contributed by atoms with van der Waals surface area (Å²) in [7, 11) is 1.82. The van der Waals surface area contributed by atoms with Gasteiger partial charge in [0.05, 0.1) is 0 Å². The van der Waals surface area contributed by atoms with Gasteiger partial charge in [0.1, 0.15) is 6.04 Å². The highest BCUT2D eigenvalue weighted by Crippen LogP contribution is 2.44. The molecule has 0 amide bonds. The number of carbonyl (C=O) groups is 1. The number of aliphatic carboxylic acids is 1. The fourth-order valence-electron chi connectivity index (χ4n) is 3.07. The number of rotatable bonds is 5. The van der Waals surface area contributed by atoms with Crippen LogP contribution in [0.4, 0.5) is 0 Å². The number of likely N-dealkylation sites (tertiary alicyclic amines) is 1. The summed E-state index contributed by atoms with van der Waals surface area (Å²) in [6.45, 7) is 1.76. The maximum atomic E-state index is 11.8. The molecule has 0 aromatic heterocycles. The zero-order chi connectivity index (χ0) is 14.1. The molecule has 0 bridgehead atoms. The third-order valence-corrected chi connectivity index (χ3v) is 7.00. The van der Waals surface area contributed by atoms with Gasteiger partial charge < -0.3 is 5.11 Å². The maximum absolute atomic E-state index is 11.8. The van der Waals surface area contributed by atoms with Gasteiger partial charge in [-0.05, 0) is 57.5 Å². The van der Waals surface area contributed by atoms with E-state index in [4.69, 9.17) is 0 Å². The summed E-state index contributed by atoms with van der Waals surface area (Å²) >= 11 is 2.32. The molecule has 1 heterocycles. The molecule has 0 radical (unpaired) electrons. The summed E-state index contributed by atoms with van der Waals surface area (Å²) in [4.78, 5) is 14.0. The van der Waals surface area contributed by atoms with Crippen molar-refractivity contribution in [3.63, 3.8) is 0 Å². The van der Waals surface area contributed by atoms with Crippen LogP contribution in [-0.2, 0) is 4.79 Å². The lowest BCUT2D eigenvalue weighted by Crippen LogP contribution is -2.33. The van der Waals surface area contributed by atoms with Crippen molar-refractivity contribution in [2.75, 3.05) is 13.1 Å². The van der Waals surface area contributed by atoms with E-state index in [1.807, 2.05) is 27.1 Å². The molecule has 2 atom stereocenters. The van der Waals surface area contributed by atoms with E-state index in [0.29, 0.717) is 11.2 Å². The number of nitrogens with zero attached hydrogens (tertiary/aromatic N) is 1. The number of benzene rings is 1. The Balaban J connectivity index is 1.89. The van der Waals surface area contributed by atoms with Crippen molar-refractivity contribution in [2.45, 2.75) is 36.5 Å². The second kappa shape index (κ2) is 6.23. The Kier molecular flexibility index (Phi) is 4.57. The molecule has 1 saturated heterocycles. The first kappa shape index (κ1) is 14.7. The first-order valence-corrected chi connectivity index (χ1v) is 10.5. The topological polar surface area (TPSA) is 40.5 Å². The second-order valence-electron chi connectivity index (χ2n) is 5.64. The molecule has 1 aromatic rings. The minimum absolute atomic E-state index is 0.472. The van der Waals surface area contributed by atoms with Crippen molar-refractivity contribution in [3.05, 3.63) is 35.4 Å². The Morgan fingerprint density at radius 1 is 1.35 bits per heavy atom. The van der Waals surface area contributed by atoms with Crippen molar-refractivity contribution in [1.82, 2.24) is 4.90 Å². The molecule has 20 heavy (non-hydrogen) atoms. The third-order valence-electron chi connectivity index (χ3n) is 4.21. The Hall–Kier alpha value is -0.270. The van der Waals surface area contributed by atoms with Gasteiger partial charge >= 0.3 is 5.97 Å². The quantitative estimate of drug-likeness (QED) is 0.759. The van der Waals surface area contributed by atoms with E-state index in [0.717, 1.165) is 25.1 Å². The van der Waals surface area contributed by atoms with Gasteiger partial charge in [0.15, 0.2) is 0 Å². The van der Waals surface area contributed by atoms with Crippen molar-refractivity contribution in [2.24, 2.45) is 0 Å². The van der Waals surface area contributed by atoms with Crippen molar-refractivity contribution in [3.8, 4) is 0 Å². The summed E-state index contributed by atoms with van der Waals surface area (Å²) < 4.78 is 0. The minimum atomic E-state index is -0.711. The van der Waals surface area contributed by atoms with Gasteiger partial charge in [-0.15, -0.1) is 0 Å². The molecule has 3 nitrogen and oxygen atoms in total. The normalized spacial score (nSPS) is 24.8. The molecular formula is C15H18INO2S. The molecule has 0 spiro atoms. The first-order valence-electron chi connectivity index (χ1n) is 7.03. The van der Waals surface area contributed by atoms with E-state index in [9.17, 15) is 9.90 Å². The van der Waals surface area contributed by atoms with Gasteiger partial charge in [-0.1, -0.05) is 33.2 Å². The predicted octanol–water partition coefficient (Wildman–Crippen LogP) is 3.85. The molecule has 2 fully saturated rings. The summed E-state index contributed by atoms with van der Waals surface area (Å²) in [6, 6.07) is 7.65. The van der Waals surface area contributed by atoms with Gasteiger partial charge in [0, 0.05) is 18.3 Å². The lowest BCUT2D eigenvalue weighted by Gasteiger charge is -2.26. The fraction of sp³-hybridized carbons (Fsp3) is 0.533. The zero-order valence-electron chi connectivity index (χ0n) is 11.2. The van der Waals surface area contributed by atoms with Gasteiger partial charge in [-0.2, -0.15) is 0 Å². The Labute approximate surface area is 135 Å². The van der Waals surface area contributed by atoms with Crippen LogP contribution in [0.25, 0.3) is 0 Å². The van der Waals surface area contributed by atoms with Crippen LogP contribution >= 0.6 is 30.1 Å². The van der Waals surface area contributed by atoms with E-state index >= 15 is 0 Å². The molecule has 2 aliphatic rings. The number of hydrogen-bond donors (Lipinski definition) is 1. The summed E-state index contributed by atoms with van der Waals surface area (Å²) in [6.07, 6.45) is 3.49. The molecule has 3 rings (SSSR count). The van der Waals surface area contributed by atoms with Gasteiger partial charge in [0.25, 0.3) is 0 Å². The lowest BCUT2D eigenvalue weighted by molar-refractivity contribution is -0.143. The fourth-order valence-corrected chi connectivity index (χ4v) is 4.76. The van der Waals surface area contributed by atoms with Crippen LogP contribution in [0.2, 0.25) is 0 Å². The minimum Gasteiger partial charge on any atom is -0.480 e. The van der Waals surface area contributed by atoms with Crippen LogP contribution in [0.1, 0.15) is 42.3 Å². The SMILES string of the molecule is O=C(O)C(c1ccccc1C1CC1)N1CCC(SI)C1. The number of carboxylic acid groups (broad SMARTS) is 1. The van der Waals surface area contributed by atoms with Crippen LogP contribution < -0.4 is 0 Å². The Morgan fingerprint density at radius 3 is 2.70 bits per heavy atom. The third kappa shape index (κ3) is 2.99. The van der Waals surface area contributed by atoms with Crippen molar-refractivity contribution in [1.29, 1.82) is 0 Å².